The maximum absolute atomic E-state index is 11.7. The van der Waals surface area contributed by atoms with Crippen molar-refractivity contribution in [3.8, 4) is 6.07 Å². The van der Waals surface area contributed by atoms with Gasteiger partial charge in [-0.15, -0.1) is 0 Å². The highest BCUT2D eigenvalue weighted by Crippen LogP contribution is 2.17. The summed E-state index contributed by atoms with van der Waals surface area (Å²) in [6, 6.07) is 11.1. The third kappa shape index (κ3) is 4.88. The maximum atomic E-state index is 11.7. The Labute approximate surface area is 108 Å². The first-order valence-corrected chi connectivity index (χ1v) is 5.84. The SMILES string of the molecule is CC(C)(C)OC(=O)N[C@@H](CC#N)c1ccccc1. The Morgan fingerprint density at radius 1 is 1.39 bits per heavy atom. The maximum Gasteiger partial charge on any atom is 0.408 e. The molecule has 96 valence electrons. The quantitative estimate of drug-likeness (QED) is 0.891. The molecule has 18 heavy (non-hydrogen) atoms. The van der Waals surface area contributed by atoms with E-state index < -0.39 is 11.7 Å². The van der Waals surface area contributed by atoms with E-state index in [1.807, 2.05) is 30.3 Å². The number of nitrogens with one attached hydrogen (secondary N) is 1. The van der Waals surface area contributed by atoms with Crippen LogP contribution in [0.1, 0.15) is 38.8 Å². The van der Waals surface area contributed by atoms with E-state index in [4.69, 9.17) is 10.00 Å². The minimum Gasteiger partial charge on any atom is -0.444 e. The predicted octanol–water partition coefficient (Wildman–Crippen LogP) is 3.17. The molecular formula is C14H18N2O2. The Morgan fingerprint density at radius 2 is 2.00 bits per heavy atom. The van der Waals surface area contributed by atoms with Crippen LogP contribution in [-0.2, 0) is 4.74 Å². The van der Waals surface area contributed by atoms with Crippen LogP contribution in [-0.4, -0.2) is 11.7 Å². The average molecular weight is 246 g/mol. The van der Waals surface area contributed by atoms with Gasteiger partial charge in [-0.1, -0.05) is 30.3 Å². The van der Waals surface area contributed by atoms with E-state index in [2.05, 4.69) is 11.4 Å². The van der Waals surface area contributed by atoms with Gasteiger partial charge in [0.2, 0.25) is 0 Å². The summed E-state index contributed by atoms with van der Waals surface area (Å²) in [5, 5.41) is 11.5. The molecule has 1 N–H and O–H groups in total. The number of hydrogen-bond donors (Lipinski definition) is 1. The van der Waals surface area contributed by atoms with Crippen molar-refractivity contribution >= 4 is 6.09 Å². The number of nitrogens with zero attached hydrogens (tertiary/aromatic N) is 1. The second-order valence-corrected chi connectivity index (χ2v) is 4.97. The smallest absolute Gasteiger partial charge is 0.408 e. The third-order valence-corrected chi connectivity index (χ3v) is 2.19. The molecule has 0 aliphatic heterocycles. The van der Waals surface area contributed by atoms with Crippen LogP contribution in [0.2, 0.25) is 0 Å². The van der Waals surface area contributed by atoms with E-state index >= 15 is 0 Å². The molecule has 0 spiro atoms. The molecule has 1 amide bonds. The molecule has 1 aromatic carbocycles. The van der Waals surface area contributed by atoms with Crippen LogP contribution in [0.15, 0.2) is 30.3 Å². The molecule has 0 unspecified atom stereocenters. The number of hydrogen-bond acceptors (Lipinski definition) is 3. The number of carbonyl (C=O) groups is 1. The number of ether oxygens (including phenoxy) is 1. The molecule has 1 aromatic rings. The second kappa shape index (κ2) is 6.06. The van der Waals surface area contributed by atoms with E-state index in [1.54, 1.807) is 20.8 Å². The zero-order valence-electron chi connectivity index (χ0n) is 10.9. The minimum absolute atomic E-state index is 0.212. The van der Waals surface area contributed by atoms with Crippen LogP contribution in [0.3, 0.4) is 0 Å². The first kappa shape index (κ1) is 14.0. The van der Waals surface area contributed by atoms with Crippen molar-refractivity contribution in [2.75, 3.05) is 0 Å². The molecular weight excluding hydrogens is 228 g/mol. The molecule has 0 aromatic heterocycles. The van der Waals surface area contributed by atoms with Gasteiger partial charge in [-0.2, -0.15) is 5.26 Å². The zero-order chi connectivity index (χ0) is 13.6. The van der Waals surface area contributed by atoms with Crippen molar-refractivity contribution in [3.05, 3.63) is 35.9 Å². The molecule has 0 heterocycles. The first-order valence-electron chi connectivity index (χ1n) is 5.84. The summed E-state index contributed by atoms with van der Waals surface area (Å²) in [4.78, 5) is 11.7. The molecule has 4 heteroatoms. The molecule has 0 aliphatic rings. The molecule has 0 saturated carbocycles. The summed E-state index contributed by atoms with van der Waals surface area (Å²) in [6.45, 7) is 5.40. The summed E-state index contributed by atoms with van der Waals surface area (Å²) in [6.07, 6.45) is -0.296. The van der Waals surface area contributed by atoms with E-state index in [0.717, 1.165) is 5.56 Å². The highest BCUT2D eigenvalue weighted by molar-refractivity contribution is 5.68. The number of carbonyl (C=O) groups excluding carboxylic acids is 1. The van der Waals surface area contributed by atoms with Gasteiger partial charge in [0.25, 0.3) is 0 Å². The van der Waals surface area contributed by atoms with Crippen LogP contribution in [0.4, 0.5) is 4.79 Å². The molecule has 0 radical (unpaired) electrons. The van der Waals surface area contributed by atoms with E-state index in [1.165, 1.54) is 0 Å². The average Bonchev–Trinajstić information content (AvgIpc) is 2.27. The monoisotopic (exact) mass is 246 g/mol. The van der Waals surface area contributed by atoms with Crippen LogP contribution in [0, 0.1) is 11.3 Å². The lowest BCUT2D eigenvalue weighted by Gasteiger charge is -2.22. The number of benzene rings is 1. The minimum atomic E-state index is -0.544. The van der Waals surface area contributed by atoms with Gasteiger partial charge in [0, 0.05) is 0 Å². The van der Waals surface area contributed by atoms with Crippen molar-refractivity contribution in [1.29, 1.82) is 5.26 Å². The summed E-state index contributed by atoms with van der Waals surface area (Å²) >= 11 is 0. The lowest BCUT2D eigenvalue weighted by molar-refractivity contribution is 0.0504. The standard InChI is InChI=1S/C14H18N2O2/c1-14(2,3)18-13(17)16-12(9-10-15)11-7-5-4-6-8-11/h4-8,12H,9H2,1-3H3,(H,16,17)/t12-/m0/s1. The lowest BCUT2D eigenvalue weighted by atomic mass is 10.0. The van der Waals surface area contributed by atoms with Crippen LogP contribution >= 0.6 is 0 Å². The fourth-order valence-corrected chi connectivity index (χ4v) is 1.48. The van der Waals surface area contributed by atoms with Gasteiger partial charge in [0.05, 0.1) is 18.5 Å². The van der Waals surface area contributed by atoms with Crippen LogP contribution in [0.5, 0.6) is 0 Å². The molecule has 0 saturated heterocycles. The molecule has 0 fully saturated rings. The van der Waals surface area contributed by atoms with Gasteiger partial charge in [0.1, 0.15) is 5.60 Å². The third-order valence-electron chi connectivity index (χ3n) is 2.19. The largest absolute Gasteiger partial charge is 0.444 e. The van der Waals surface area contributed by atoms with Gasteiger partial charge < -0.3 is 10.1 Å². The van der Waals surface area contributed by atoms with Crippen molar-refractivity contribution in [1.82, 2.24) is 5.32 Å². The van der Waals surface area contributed by atoms with Crippen molar-refractivity contribution in [2.45, 2.75) is 38.8 Å². The lowest BCUT2D eigenvalue weighted by Crippen LogP contribution is -2.34. The van der Waals surface area contributed by atoms with Gasteiger partial charge in [-0.3, -0.25) is 0 Å². The normalized spacial score (nSPS) is 12.3. The van der Waals surface area contributed by atoms with E-state index in [-0.39, 0.29) is 12.5 Å². The topological polar surface area (TPSA) is 62.1 Å². The fourth-order valence-electron chi connectivity index (χ4n) is 1.48. The first-order chi connectivity index (χ1) is 8.42. The Balaban J connectivity index is 2.71. The highest BCUT2D eigenvalue weighted by atomic mass is 16.6. The molecule has 0 bridgehead atoms. The van der Waals surface area contributed by atoms with Gasteiger partial charge in [0.15, 0.2) is 0 Å². The van der Waals surface area contributed by atoms with Gasteiger partial charge in [-0.05, 0) is 26.3 Å². The van der Waals surface area contributed by atoms with E-state index in [0.29, 0.717) is 0 Å². The van der Waals surface area contributed by atoms with Crippen molar-refractivity contribution in [3.63, 3.8) is 0 Å². The Hall–Kier alpha value is -2.02. The van der Waals surface area contributed by atoms with Crippen LogP contribution < -0.4 is 5.32 Å². The Kier molecular flexibility index (Phi) is 4.73. The summed E-state index contributed by atoms with van der Waals surface area (Å²) < 4.78 is 5.18. The summed E-state index contributed by atoms with van der Waals surface area (Å²) in [7, 11) is 0. The number of alkyl carbamates (subject to hydrolysis) is 1. The molecule has 1 rings (SSSR count). The summed E-state index contributed by atoms with van der Waals surface area (Å²) in [5.74, 6) is 0. The van der Waals surface area contributed by atoms with Gasteiger partial charge >= 0.3 is 6.09 Å². The molecule has 4 nitrogen and oxygen atoms in total. The predicted molar refractivity (Wildman–Crippen MR) is 68.8 cm³/mol. The Bertz CT molecular complexity index is 429. The fraction of sp³-hybridized carbons (Fsp3) is 0.429. The molecule has 0 aliphatic carbocycles. The second-order valence-electron chi connectivity index (χ2n) is 4.97. The van der Waals surface area contributed by atoms with Crippen LogP contribution in [0.25, 0.3) is 0 Å². The van der Waals surface area contributed by atoms with Crippen molar-refractivity contribution in [2.24, 2.45) is 0 Å². The Morgan fingerprint density at radius 3 is 2.50 bits per heavy atom. The van der Waals surface area contributed by atoms with Crippen molar-refractivity contribution < 1.29 is 9.53 Å². The van der Waals surface area contributed by atoms with E-state index in [9.17, 15) is 4.79 Å². The molecule has 1 atom stereocenters. The zero-order valence-corrected chi connectivity index (χ0v) is 10.9. The number of amides is 1. The number of nitriles is 1. The van der Waals surface area contributed by atoms with Gasteiger partial charge in [-0.25, -0.2) is 4.79 Å². The summed E-state index contributed by atoms with van der Waals surface area (Å²) in [5.41, 5.74) is 0.350. The number of rotatable bonds is 3. The highest BCUT2D eigenvalue weighted by Gasteiger charge is 2.20.